The average Bonchev–Trinajstić information content (AvgIpc) is 3.28. The number of carbonyl (C=O) groups excluding carboxylic acids is 1. The van der Waals surface area contributed by atoms with Crippen molar-refractivity contribution in [1.29, 1.82) is 0 Å². The van der Waals surface area contributed by atoms with E-state index in [9.17, 15) is 18.0 Å². The van der Waals surface area contributed by atoms with Crippen LogP contribution in [0.1, 0.15) is 18.4 Å². The quantitative estimate of drug-likeness (QED) is 0.611. The average molecular weight is 466 g/mol. The minimum atomic E-state index is -4.35. The SMILES string of the molecule is O=C(C1CCN(c2cc(Nc3ccc(C(F)(F)F)cc3)c[nH]2)CC1)N1CCN(CCO)CC1. The maximum absolute atomic E-state index is 12.9. The van der Waals surface area contributed by atoms with Crippen molar-refractivity contribution in [3.8, 4) is 0 Å². The van der Waals surface area contributed by atoms with Crippen molar-refractivity contribution in [2.75, 3.05) is 62.6 Å². The molecule has 2 aliphatic heterocycles. The molecule has 0 spiro atoms. The number of carbonyl (C=O) groups is 1. The van der Waals surface area contributed by atoms with Crippen molar-refractivity contribution in [2.45, 2.75) is 19.0 Å². The van der Waals surface area contributed by atoms with Gasteiger partial charge in [-0.2, -0.15) is 13.2 Å². The molecule has 0 atom stereocenters. The lowest BCUT2D eigenvalue weighted by atomic mass is 9.95. The fourth-order valence-electron chi connectivity index (χ4n) is 4.51. The van der Waals surface area contributed by atoms with Crippen LogP contribution in [-0.4, -0.2) is 78.2 Å². The number of nitrogens with one attached hydrogen (secondary N) is 2. The number of amides is 1. The molecule has 2 saturated heterocycles. The van der Waals surface area contributed by atoms with Gasteiger partial charge in [0, 0.05) is 69.7 Å². The van der Waals surface area contributed by atoms with E-state index >= 15 is 0 Å². The Balaban J connectivity index is 1.26. The van der Waals surface area contributed by atoms with Gasteiger partial charge in [0.15, 0.2) is 0 Å². The predicted molar refractivity (Wildman–Crippen MR) is 121 cm³/mol. The normalized spacial score (nSPS) is 18.5. The molecule has 1 aromatic heterocycles. The number of rotatable bonds is 6. The number of aliphatic hydroxyl groups is 1. The molecule has 0 bridgehead atoms. The van der Waals surface area contributed by atoms with E-state index in [1.807, 2.05) is 11.0 Å². The molecule has 2 aromatic rings. The number of anilines is 3. The predicted octanol–water partition coefficient (Wildman–Crippen LogP) is 3.13. The zero-order valence-corrected chi connectivity index (χ0v) is 18.4. The standard InChI is InChI=1S/C23H30F3N5O2/c24-23(25,26)18-1-3-19(4-2-18)28-20-15-21(27-16-20)30-7-5-17(6-8-30)22(33)31-11-9-29(10-12-31)13-14-32/h1-4,15-17,27-28,32H,5-14H2. The molecular weight excluding hydrogens is 435 g/mol. The Hall–Kier alpha value is -2.72. The number of aliphatic hydroxyl groups excluding tert-OH is 1. The Morgan fingerprint density at radius 3 is 2.30 bits per heavy atom. The van der Waals surface area contributed by atoms with Gasteiger partial charge in [-0.1, -0.05) is 0 Å². The second kappa shape index (κ2) is 10.0. The fraction of sp³-hybridized carbons (Fsp3) is 0.522. The lowest BCUT2D eigenvalue weighted by Gasteiger charge is -2.38. The Labute approximate surface area is 191 Å². The number of β-amino-alcohol motifs (C(OH)–C–C–N with tert-alkyl or cyclic N) is 1. The lowest BCUT2D eigenvalue weighted by molar-refractivity contribution is -0.138. The van der Waals surface area contributed by atoms with Crippen LogP contribution >= 0.6 is 0 Å². The van der Waals surface area contributed by atoms with Gasteiger partial charge >= 0.3 is 6.18 Å². The second-order valence-electron chi connectivity index (χ2n) is 8.63. The number of hydrogen-bond donors (Lipinski definition) is 3. The van der Waals surface area contributed by atoms with Crippen LogP contribution in [0.3, 0.4) is 0 Å². The van der Waals surface area contributed by atoms with Gasteiger partial charge in [-0.3, -0.25) is 9.69 Å². The summed E-state index contributed by atoms with van der Waals surface area (Å²) in [7, 11) is 0. The van der Waals surface area contributed by atoms with E-state index in [0.29, 0.717) is 25.3 Å². The van der Waals surface area contributed by atoms with Crippen LogP contribution in [0, 0.1) is 5.92 Å². The van der Waals surface area contributed by atoms with Crippen LogP contribution in [0.25, 0.3) is 0 Å². The lowest BCUT2D eigenvalue weighted by Crippen LogP contribution is -2.52. The third-order valence-corrected chi connectivity index (χ3v) is 6.45. The van der Waals surface area contributed by atoms with Gasteiger partial charge in [0.25, 0.3) is 0 Å². The van der Waals surface area contributed by atoms with Gasteiger partial charge in [-0.15, -0.1) is 0 Å². The Morgan fingerprint density at radius 2 is 1.70 bits per heavy atom. The highest BCUT2D eigenvalue weighted by molar-refractivity contribution is 5.79. The second-order valence-corrected chi connectivity index (χ2v) is 8.63. The molecule has 0 saturated carbocycles. The molecule has 0 unspecified atom stereocenters. The van der Waals surface area contributed by atoms with Gasteiger partial charge in [-0.25, -0.2) is 0 Å². The highest BCUT2D eigenvalue weighted by Gasteiger charge is 2.31. The summed E-state index contributed by atoms with van der Waals surface area (Å²) in [5.41, 5.74) is 0.674. The maximum atomic E-state index is 12.9. The number of aromatic amines is 1. The minimum Gasteiger partial charge on any atom is -0.395 e. The monoisotopic (exact) mass is 465 g/mol. The summed E-state index contributed by atoms with van der Waals surface area (Å²) >= 11 is 0. The van der Waals surface area contributed by atoms with E-state index in [1.54, 1.807) is 6.20 Å². The molecular formula is C23H30F3N5O2. The first-order valence-corrected chi connectivity index (χ1v) is 11.3. The van der Waals surface area contributed by atoms with Gasteiger partial charge in [-0.05, 0) is 37.1 Å². The van der Waals surface area contributed by atoms with E-state index in [0.717, 1.165) is 62.7 Å². The van der Waals surface area contributed by atoms with E-state index in [-0.39, 0.29) is 18.4 Å². The van der Waals surface area contributed by atoms with E-state index in [2.05, 4.69) is 20.1 Å². The third-order valence-electron chi connectivity index (χ3n) is 6.45. The summed E-state index contributed by atoms with van der Waals surface area (Å²) < 4.78 is 38.2. The highest BCUT2D eigenvalue weighted by atomic mass is 19.4. The number of hydrogen-bond acceptors (Lipinski definition) is 5. The molecule has 2 aliphatic rings. The largest absolute Gasteiger partial charge is 0.416 e. The van der Waals surface area contributed by atoms with Crippen molar-refractivity contribution in [2.24, 2.45) is 5.92 Å². The molecule has 180 valence electrons. The van der Waals surface area contributed by atoms with Crippen LogP contribution in [-0.2, 0) is 11.0 Å². The zero-order chi connectivity index (χ0) is 23.4. The minimum absolute atomic E-state index is 0.0327. The summed E-state index contributed by atoms with van der Waals surface area (Å²) in [6.07, 6.45) is -0.982. The van der Waals surface area contributed by atoms with Crippen molar-refractivity contribution in [1.82, 2.24) is 14.8 Å². The van der Waals surface area contributed by atoms with Crippen molar-refractivity contribution < 1.29 is 23.1 Å². The Bertz CT molecular complexity index is 915. The number of benzene rings is 1. The van der Waals surface area contributed by atoms with Gasteiger partial charge < -0.3 is 25.2 Å². The topological polar surface area (TPSA) is 74.8 Å². The van der Waals surface area contributed by atoms with E-state index < -0.39 is 11.7 Å². The molecule has 4 rings (SSSR count). The van der Waals surface area contributed by atoms with Gasteiger partial charge in [0.2, 0.25) is 5.91 Å². The number of piperazine rings is 1. The summed E-state index contributed by atoms with van der Waals surface area (Å²) in [4.78, 5) is 22.4. The number of halogens is 3. The summed E-state index contributed by atoms with van der Waals surface area (Å²) in [6, 6.07) is 6.88. The molecule has 3 N–H and O–H groups in total. The van der Waals surface area contributed by atoms with Crippen LogP contribution in [0.4, 0.5) is 30.4 Å². The van der Waals surface area contributed by atoms with Gasteiger partial charge in [0.05, 0.1) is 17.9 Å². The molecule has 3 heterocycles. The Kier molecular flexibility index (Phi) is 7.14. The van der Waals surface area contributed by atoms with E-state index in [1.165, 1.54) is 12.1 Å². The van der Waals surface area contributed by atoms with Crippen LogP contribution in [0.5, 0.6) is 0 Å². The number of H-pyrrole nitrogens is 1. The summed E-state index contributed by atoms with van der Waals surface area (Å²) in [5, 5.41) is 12.2. The van der Waals surface area contributed by atoms with Crippen molar-refractivity contribution in [3.05, 3.63) is 42.1 Å². The summed E-state index contributed by atoms with van der Waals surface area (Å²) in [6.45, 7) is 5.38. The van der Waals surface area contributed by atoms with Gasteiger partial charge in [0.1, 0.15) is 5.82 Å². The first kappa shape index (κ1) is 23.4. The first-order chi connectivity index (χ1) is 15.8. The molecule has 0 aliphatic carbocycles. The fourth-order valence-corrected chi connectivity index (χ4v) is 4.51. The third kappa shape index (κ3) is 5.80. The number of aromatic nitrogens is 1. The first-order valence-electron chi connectivity index (χ1n) is 11.3. The number of alkyl halides is 3. The molecule has 7 nitrogen and oxygen atoms in total. The highest BCUT2D eigenvalue weighted by Crippen LogP contribution is 2.31. The van der Waals surface area contributed by atoms with E-state index in [4.69, 9.17) is 5.11 Å². The molecule has 0 radical (unpaired) electrons. The molecule has 1 amide bonds. The molecule has 10 heteroatoms. The number of piperidine rings is 1. The van der Waals surface area contributed by atoms with Crippen LogP contribution in [0.15, 0.2) is 36.5 Å². The molecule has 1 aromatic carbocycles. The Morgan fingerprint density at radius 1 is 1.03 bits per heavy atom. The zero-order valence-electron chi connectivity index (χ0n) is 18.4. The maximum Gasteiger partial charge on any atom is 0.416 e. The van der Waals surface area contributed by atoms with Crippen molar-refractivity contribution in [3.63, 3.8) is 0 Å². The van der Waals surface area contributed by atoms with Crippen LogP contribution < -0.4 is 10.2 Å². The molecule has 2 fully saturated rings. The summed E-state index contributed by atoms with van der Waals surface area (Å²) in [5.74, 6) is 1.19. The van der Waals surface area contributed by atoms with Crippen LogP contribution in [0.2, 0.25) is 0 Å². The number of nitrogens with zero attached hydrogens (tertiary/aromatic N) is 3. The smallest absolute Gasteiger partial charge is 0.395 e. The molecule has 33 heavy (non-hydrogen) atoms. The van der Waals surface area contributed by atoms with Crippen molar-refractivity contribution >= 4 is 23.1 Å².